The van der Waals surface area contributed by atoms with Crippen molar-refractivity contribution in [2.45, 2.75) is 19.4 Å². The van der Waals surface area contributed by atoms with Crippen molar-refractivity contribution in [2.75, 3.05) is 11.9 Å². The number of amides is 2. The summed E-state index contributed by atoms with van der Waals surface area (Å²) in [6.45, 7) is 1.82. The van der Waals surface area contributed by atoms with E-state index >= 15 is 0 Å². The van der Waals surface area contributed by atoms with E-state index in [1.807, 2.05) is 6.92 Å². The number of hydrogen-bond acceptors (Lipinski definition) is 2. The van der Waals surface area contributed by atoms with Gasteiger partial charge in [0, 0.05) is 10.7 Å². The third kappa shape index (κ3) is 4.08. The van der Waals surface area contributed by atoms with Crippen molar-refractivity contribution in [1.29, 1.82) is 0 Å². The maximum Gasteiger partial charge on any atom is 0.319 e. The van der Waals surface area contributed by atoms with Gasteiger partial charge < -0.3 is 15.7 Å². The molecule has 16 heavy (non-hydrogen) atoms. The molecule has 1 rings (SSSR count). The maximum absolute atomic E-state index is 11.5. The molecular weight excluding hydrogens is 228 g/mol. The summed E-state index contributed by atoms with van der Waals surface area (Å²) in [5.74, 6) is 0. The highest BCUT2D eigenvalue weighted by molar-refractivity contribution is 6.30. The van der Waals surface area contributed by atoms with Crippen molar-refractivity contribution >= 4 is 23.3 Å². The summed E-state index contributed by atoms with van der Waals surface area (Å²) in [5, 5.41) is 14.8. The van der Waals surface area contributed by atoms with Crippen molar-refractivity contribution in [2.24, 2.45) is 0 Å². The minimum absolute atomic E-state index is 0.0700. The largest absolute Gasteiger partial charge is 0.394 e. The predicted molar refractivity (Wildman–Crippen MR) is 64.8 cm³/mol. The number of carbonyl (C=O) groups is 1. The fraction of sp³-hybridized carbons (Fsp3) is 0.364. The Morgan fingerprint density at radius 1 is 1.56 bits per heavy atom. The summed E-state index contributed by atoms with van der Waals surface area (Å²) in [5.41, 5.74) is 0.623. The van der Waals surface area contributed by atoms with Crippen LogP contribution in [0.25, 0.3) is 0 Å². The van der Waals surface area contributed by atoms with E-state index in [0.29, 0.717) is 17.1 Å². The molecule has 0 aliphatic carbocycles. The van der Waals surface area contributed by atoms with Crippen LogP contribution >= 0.6 is 11.6 Å². The molecule has 1 atom stereocenters. The Balaban J connectivity index is 2.51. The summed E-state index contributed by atoms with van der Waals surface area (Å²) in [4.78, 5) is 11.5. The van der Waals surface area contributed by atoms with Crippen molar-refractivity contribution in [1.82, 2.24) is 5.32 Å². The monoisotopic (exact) mass is 242 g/mol. The first kappa shape index (κ1) is 12.8. The van der Waals surface area contributed by atoms with Gasteiger partial charge in [0.15, 0.2) is 0 Å². The van der Waals surface area contributed by atoms with Gasteiger partial charge in [-0.2, -0.15) is 0 Å². The normalized spacial score (nSPS) is 11.9. The Morgan fingerprint density at radius 3 is 2.88 bits per heavy atom. The van der Waals surface area contributed by atoms with Crippen LogP contribution in [0.15, 0.2) is 24.3 Å². The Kier molecular flexibility index (Phi) is 5.08. The third-order valence-electron chi connectivity index (χ3n) is 2.13. The van der Waals surface area contributed by atoms with Crippen molar-refractivity contribution in [3.8, 4) is 0 Å². The van der Waals surface area contributed by atoms with Gasteiger partial charge in [0.25, 0.3) is 0 Å². The lowest BCUT2D eigenvalue weighted by molar-refractivity contribution is 0.222. The maximum atomic E-state index is 11.5. The van der Waals surface area contributed by atoms with Gasteiger partial charge in [-0.1, -0.05) is 24.6 Å². The highest BCUT2D eigenvalue weighted by Gasteiger charge is 2.08. The van der Waals surface area contributed by atoms with Gasteiger partial charge in [0.1, 0.15) is 0 Å². The molecule has 0 unspecified atom stereocenters. The zero-order valence-electron chi connectivity index (χ0n) is 9.03. The van der Waals surface area contributed by atoms with Gasteiger partial charge >= 0.3 is 6.03 Å². The molecule has 1 aromatic rings. The number of benzene rings is 1. The van der Waals surface area contributed by atoms with Crippen LogP contribution in [0.5, 0.6) is 0 Å². The van der Waals surface area contributed by atoms with Crippen LogP contribution in [-0.2, 0) is 0 Å². The molecular formula is C11H15ClN2O2. The number of urea groups is 1. The first-order valence-corrected chi connectivity index (χ1v) is 5.47. The van der Waals surface area contributed by atoms with Crippen LogP contribution in [0.2, 0.25) is 5.02 Å². The lowest BCUT2D eigenvalue weighted by Crippen LogP contribution is -2.39. The number of aliphatic hydroxyl groups excluding tert-OH is 1. The quantitative estimate of drug-likeness (QED) is 0.758. The van der Waals surface area contributed by atoms with Crippen LogP contribution in [0.3, 0.4) is 0 Å². The molecule has 0 fully saturated rings. The summed E-state index contributed by atoms with van der Waals surface area (Å²) >= 11 is 5.78. The van der Waals surface area contributed by atoms with Crippen LogP contribution in [0, 0.1) is 0 Å². The second kappa shape index (κ2) is 6.35. The second-order valence-corrected chi connectivity index (χ2v) is 3.83. The van der Waals surface area contributed by atoms with Gasteiger partial charge in [0.05, 0.1) is 12.6 Å². The predicted octanol–water partition coefficient (Wildman–Crippen LogP) is 2.23. The molecule has 2 amide bonds. The molecule has 4 nitrogen and oxygen atoms in total. The number of rotatable bonds is 4. The zero-order chi connectivity index (χ0) is 12.0. The summed E-state index contributed by atoms with van der Waals surface area (Å²) in [6.07, 6.45) is 0.680. The van der Waals surface area contributed by atoms with E-state index in [0.717, 1.165) is 0 Å². The molecule has 0 aromatic heterocycles. The molecule has 5 heteroatoms. The molecule has 0 heterocycles. The minimum atomic E-state index is -0.344. The fourth-order valence-electron chi connectivity index (χ4n) is 1.20. The lowest BCUT2D eigenvalue weighted by Gasteiger charge is -2.14. The molecule has 0 saturated heterocycles. The molecule has 1 aromatic carbocycles. The zero-order valence-corrected chi connectivity index (χ0v) is 9.79. The summed E-state index contributed by atoms with van der Waals surface area (Å²) in [6, 6.07) is 6.31. The van der Waals surface area contributed by atoms with Gasteiger partial charge in [-0.25, -0.2) is 4.79 Å². The molecule has 0 saturated carbocycles. The first-order chi connectivity index (χ1) is 7.65. The number of hydrogen-bond donors (Lipinski definition) is 3. The van der Waals surface area contributed by atoms with Gasteiger partial charge in [-0.05, 0) is 24.6 Å². The highest BCUT2D eigenvalue weighted by Crippen LogP contribution is 2.14. The number of aliphatic hydroxyl groups is 1. The SMILES string of the molecule is CC[C@H](CO)NC(=O)Nc1cccc(Cl)c1. The third-order valence-corrected chi connectivity index (χ3v) is 2.37. The molecule has 0 radical (unpaired) electrons. The Morgan fingerprint density at radius 2 is 2.31 bits per heavy atom. The van der Waals surface area contributed by atoms with E-state index in [4.69, 9.17) is 16.7 Å². The molecule has 3 N–H and O–H groups in total. The fourth-order valence-corrected chi connectivity index (χ4v) is 1.39. The first-order valence-electron chi connectivity index (χ1n) is 5.09. The summed E-state index contributed by atoms with van der Waals surface area (Å²) in [7, 11) is 0. The second-order valence-electron chi connectivity index (χ2n) is 3.40. The van der Waals surface area contributed by atoms with Gasteiger partial charge in [-0.15, -0.1) is 0 Å². The molecule has 0 bridgehead atoms. The number of carbonyl (C=O) groups excluding carboxylic acids is 1. The van der Waals surface area contributed by atoms with Crippen molar-refractivity contribution in [3.05, 3.63) is 29.3 Å². The Bertz CT molecular complexity index is 354. The standard InChI is InChI=1S/C11H15ClN2O2/c1-2-9(7-15)13-11(16)14-10-5-3-4-8(12)6-10/h3-6,9,15H,2,7H2,1H3,(H2,13,14,16)/t9-/m1/s1. The molecule has 88 valence electrons. The van der Waals surface area contributed by atoms with Gasteiger partial charge in [-0.3, -0.25) is 0 Å². The van der Waals surface area contributed by atoms with E-state index in [1.54, 1.807) is 24.3 Å². The van der Waals surface area contributed by atoms with Crippen LogP contribution < -0.4 is 10.6 Å². The Labute approximate surface area is 99.6 Å². The lowest BCUT2D eigenvalue weighted by atomic mass is 10.2. The van der Waals surface area contributed by atoms with Crippen molar-refractivity contribution < 1.29 is 9.90 Å². The molecule has 0 aliphatic rings. The molecule has 0 spiro atoms. The summed E-state index contributed by atoms with van der Waals surface area (Å²) < 4.78 is 0. The van der Waals surface area contributed by atoms with Crippen LogP contribution in [0.1, 0.15) is 13.3 Å². The average Bonchev–Trinajstić information content (AvgIpc) is 2.26. The Hall–Kier alpha value is -1.26. The average molecular weight is 243 g/mol. The van der Waals surface area contributed by atoms with E-state index in [-0.39, 0.29) is 18.7 Å². The topological polar surface area (TPSA) is 61.4 Å². The highest BCUT2D eigenvalue weighted by atomic mass is 35.5. The number of nitrogens with one attached hydrogen (secondary N) is 2. The van der Waals surface area contributed by atoms with E-state index < -0.39 is 0 Å². The van der Waals surface area contributed by atoms with E-state index in [2.05, 4.69) is 10.6 Å². The number of halogens is 1. The van der Waals surface area contributed by atoms with Crippen LogP contribution in [-0.4, -0.2) is 23.8 Å². The minimum Gasteiger partial charge on any atom is -0.394 e. The van der Waals surface area contributed by atoms with Crippen molar-refractivity contribution in [3.63, 3.8) is 0 Å². The van der Waals surface area contributed by atoms with Gasteiger partial charge in [0.2, 0.25) is 0 Å². The van der Waals surface area contributed by atoms with Crippen LogP contribution in [0.4, 0.5) is 10.5 Å². The number of anilines is 1. The van der Waals surface area contributed by atoms with E-state index in [1.165, 1.54) is 0 Å². The molecule has 0 aliphatic heterocycles. The smallest absolute Gasteiger partial charge is 0.319 e. The van der Waals surface area contributed by atoms with E-state index in [9.17, 15) is 4.79 Å².